The van der Waals surface area contributed by atoms with Crippen LogP contribution in [0.3, 0.4) is 0 Å². The van der Waals surface area contributed by atoms with Crippen LogP contribution in [0.2, 0.25) is 0 Å². The molecule has 1 fully saturated rings. The summed E-state index contributed by atoms with van der Waals surface area (Å²) in [5.74, 6) is 2.26. The molecular formula is C34H38N6O3S. The fourth-order valence-corrected chi connectivity index (χ4v) is 6.65. The molecule has 0 bridgehead atoms. The summed E-state index contributed by atoms with van der Waals surface area (Å²) in [6, 6.07) is 25.8. The van der Waals surface area contributed by atoms with Crippen LogP contribution in [0.4, 0.5) is 0 Å². The van der Waals surface area contributed by atoms with Crippen LogP contribution in [0.25, 0.3) is 16.6 Å². The van der Waals surface area contributed by atoms with Crippen molar-refractivity contribution in [2.45, 2.75) is 31.0 Å². The number of H-pyrrole nitrogens is 1. The van der Waals surface area contributed by atoms with Gasteiger partial charge in [0, 0.05) is 47.7 Å². The van der Waals surface area contributed by atoms with Crippen LogP contribution < -0.4 is 10.1 Å². The van der Waals surface area contributed by atoms with Gasteiger partial charge in [-0.25, -0.2) is 0 Å². The summed E-state index contributed by atoms with van der Waals surface area (Å²) < 4.78 is 13.0. The van der Waals surface area contributed by atoms with Gasteiger partial charge in [-0.05, 0) is 54.8 Å². The van der Waals surface area contributed by atoms with Crippen molar-refractivity contribution in [3.8, 4) is 11.4 Å². The molecule has 2 aromatic heterocycles. The second-order valence-electron chi connectivity index (χ2n) is 10.9. The van der Waals surface area contributed by atoms with E-state index >= 15 is 0 Å². The number of morpholine rings is 1. The van der Waals surface area contributed by atoms with Gasteiger partial charge in [-0.2, -0.15) is 0 Å². The van der Waals surface area contributed by atoms with E-state index in [2.05, 4.69) is 43.1 Å². The van der Waals surface area contributed by atoms with Gasteiger partial charge < -0.3 is 19.8 Å². The summed E-state index contributed by atoms with van der Waals surface area (Å²) in [4.78, 5) is 19.6. The minimum atomic E-state index is -0.404. The lowest BCUT2D eigenvalue weighted by molar-refractivity contribution is -0.121. The van der Waals surface area contributed by atoms with Crippen molar-refractivity contribution in [3.05, 3.63) is 102 Å². The van der Waals surface area contributed by atoms with Crippen LogP contribution in [0.1, 0.15) is 28.7 Å². The number of aryl methyl sites for hydroxylation is 1. The number of ether oxygens (including phenoxy) is 2. The van der Waals surface area contributed by atoms with E-state index in [1.54, 1.807) is 18.9 Å². The lowest BCUT2D eigenvalue weighted by Crippen LogP contribution is -2.37. The van der Waals surface area contributed by atoms with Crippen LogP contribution in [0.5, 0.6) is 5.75 Å². The lowest BCUT2D eigenvalue weighted by atomic mass is 10.0. The van der Waals surface area contributed by atoms with Gasteiger partial charge in [0.05, 0.1) is 32.8 Å². The Kier molecular flexibility index (Phi) is 9.60. The molecule has 1 aliphatic rings. The topological polar surface area (TPSA) is 97.3 Å². The predicted molar refractivity (Wildman–Crippen MR) is 174 cm³/mol. The number of carbonyl (C=O) groups is 1. The van der Waals surface area contributed by atoms with E-state index in [0.29, 0.717) is 12.2 Å². The SMILES string of the molecule is COc1ccc(-n2c(SCCN3CCOCC3)nnc2[C@H](Cc2ccccc2)NC(=O)Cc2c(C)[nH]c3ccccc23)cc1. The Labute approximate surface area is 262 Å². The van der Waals surface area contributed by atoms with E-state index in [4.69, 9.17) is 14.6 Å². The highest BCUT2D eigenvalue weighted by molar-refractivity contribution is 7.99. The molecule has 1 aliphatic heterocycles. The Hall–Kier alpha value is -4.12. The highest BCUT2D eigenvalue weighted by atomic mass is 32.2. The molecule has 44 heavy (non-hydrogen) atoms. The Morgan fingerprint density at radius 3 is 2.55 bits per heavy atom. The Bertz CT molecular complexity index is 1680. The van der Waals surface area contributed by atoms with Crippen molar-refractivity contribution in [3.63, 3.8) is 0 Å². The molecule has 9 nitrogen and oxygen atoms in total. The zero-order chi connectivity index (χ0) is 30.3. The van der Waals surface area contributed by atoms with Gasteiger partial charge in [0.1, 0.15) is 5.75 Å². The molecule has 5 aromatic rings. The number of hydrogen-bond donors (Lipinski definition) is 2. The molecule has 0 spiro atoms. The molecule has 0 aliphatic carbocycles. The molecule has 10 heteroatoms. The van der Waals surface area contributed by atoms with Crippen molar-refractivity contribution in [2.24, 2.45) is 0 Å². The van der Waals surface area contributed by atoms with Gasteiger partial charge in [-0.1, -0.05) is 60.3 Å². The number of nitrogens with zero attached hydrogens (tertiary/aromatic N) is 4. The standard InChI is InChI=1S/C34H38N6O3S/c1-24-29(28-10-6-7-11-30(28)35-24)23-32(41)36-31(22-25-8-4-3-5-9-25)33-37-38-34(44-21-18-39-16-19-43-20-17-39)40(33)26-12-14-27(42-2)15-13-26/h3-15,31,35H,16-23H2,1-2H3,(H,36,41)/t31-/m0/s1. The van der Waals surface area contributed by atoms with Crippen molar-refractivity contribution < 1.29 is 14.3 Å². The fraction of sp³-hybridized carbons (Fsp3) is 0.324. The summed E-state index contributed by atoms with van der Waals surface area (Å²) >= 11 is 1.67. The molecule has 6 rings (SSSR count). The molecule has 1 atom stereocenters. The molecule has 228 valence electrons. The minimum Gasteiger partial charge on any atom is -0.497 e. The van der Waals surface area contributed by atoms with E-state index in [0.717, 1.165) is 82.9 Å². The maximum Gasteiger partial charge on any atom is 0.225 e. The highest BCUT2D eigenvalue weighted by Crippen LogP contribution is 2.29. The first-order chi connectivity index (χ1) is 21.6. The molecule has 3 aromatic carbocycles. The number of hydrogen-bond acceptors (Lipinski definition) is 7. The third-order valence-corrected chi connectivity index (χ3v) is 8.93. The number of para-hydroxylation sites is 1. The lowest BCUT2D eigenvalue weighted by Gasteiger charge is -2.26. The second kappa shape index (κ2) is 14.1. The number of aromatic nitrogens is 4. The summed E-state index contributed by atoms with van der Waals surface area (Å²) in [6.07, 6.45) is 0.838. The van der Waals surface area contributed by atoms with E-state index in [1.165, 1.54) is 0 Å². The van der Waals surface area contributed by atoms with Crippen LogP contribution in [0, 0.1) is 6.92 Å². The van der Waals surface area contributed by atoms with Gasteiger partial charge in [0.2, 0.25) is 5.91 Å². The monoisotopic (exact) mass is 610 g/mol. The van der Waals surface area contributed by atoms with Crippen LogP contribution in [0.15, 0.2) is 84.0 Å². The van der Waals surface area contributed by atoms with Crippen LogP contribution in [-0.4, -0.2) is 76.3 Å². The predicted octanol–water partition coefficient (Wildman–Crippen LogP) is 5.13. The van der Waals surface area contributed by atoms with E-state index in [-0.39, 0.29) is 12.3 Å². The Morgan fingerprint density at radius 1 is 1.02 bits per heavy atom. The largest absolute Gasteiger partial charge is 0.497 e. The average molecular weight is 611 g/mol. The van der Waals surface area contributed by atoms with Gasteiger partial charge in [0.25, 0.3) is 0 Å². The summed E-state index contributed by atoms with van der Waals surface area (Å²) in [7, 11) is 1.66. The number of benzene rings is 3. The molecule has 0 saturated carbocycles. The first-order valence-electron chi connectivity index (χ1n) is 15.0. The van der Waals surface area contributed by atoms with Gasteiger partial charge in [0.15, 0.2) is 11.0 Å². The Balaban J connectivity index is 1.31. The third kappa shape index (κ3) is 6.99. The quantitative estimate of drug-likeness (QED) is 0.189. The maximum absolute atomic E-state index is 13.7. The normalized spacial score (nSPS) is 14.5. The fourth-order valence-electron chi connectivity index (χ4n) is 5.69. The zero-order valence-electron chi connectivity index (χ0n) is 25.2. The number of thioether (sulfide) groups is 1. The number of rotatable bonds is 12. The summed E-state index contributed by atoms with van der Waals surface area (Å²) in [6.45, 7) is 6.39. The molecule has 1 amide bonds. The number of aromatic amines is 1. The summed E-state index contributed by atoms with van der Waals surface area (Å²) in [5.41, 5.74) is 5.06. The van der Waals surface area contributed by atoms with Gasteiger partial charge in [-0.3, -0.25) is 14.3 Å². The number of methoxy groups -OCH3 is 1. The highest BCUT2D eigenvalue weighted by Gasteiger charge is 2.26. The van der Waals surface area contributed by atoms with Crippen LogP contribution in [-0.2, 0) is 22.4 Å². The molecule has 2 N–H and O–H groups in total. The second-order valence-corrected chi connectivity index (χ2v) is 12.0. The zero-order valence-corrected chi connectivity index (χ0v) is 26.0. The first kappa shape index (κ1) is 29.9. The molecule has 0 unspecified atom stereocenters. The van der Waals surface area contributed by atoms with Crippen molar-refractivity contribution >= 4 is 28.6 Å². The van der Waals surface area contributed by atoms with Crippen molar-refractivity contribution in [1.29, 1.82) is 0 Å². The van der Waals surface area contributed by atoms with E-state index in [9.17, 15) is 4.79 Å². The third-order valence-electron chi connectivity index (χ3n) is 8.03. The molecular weight excluding hydrogens is 572 g/mol. The number of carbonyl (C=O) groups excluding carboxylic acids is 1. The number of nitrogens with one attached hydrogen (secondary N) is 2. The number of fused-ring (bicyclic) bond motifs is 1. The Morgan fingerprint density at radius 2 is 1.77 bits per heavy atom. The van der Waals surface area contributed by atoms with Gasteiger partial charge >= 0.3 is 0 Å². The maximum atomic E-state index is 13.7. The molecule has 0 radical (unpaired) electrons. The molecule has 3 heterocycles. The van der Waals surface area contributed by atoms with Gasteiger partial charge in [-0.15, -0.1) is 10.2 Å². The van der Waals surface area contributed by atoms with Crippen molar-refractivity contribution in [2.75, 3.05) is 45.7 Å². The van der Waals surface area contributed by atoms with Crippen LogP contribution >= 0.6 is 11.8 Å². The first-order valence-corrected chi connectivity index (χ1v) is 16.0. The smallest absolute Gasteiger partial charge is 0.225 e. The molecule has 1 saturated heterocycles. The number of amides is 1. The minimum absolute atomic E-state index is 0.0652. The average Bonchev–Trinajstić information content (AvgIpc) is 3.62. The van der Waals surface area contributed by atoms with Crippen molar-refractivity contribution in [1.82, 2.24) is 30.0 Å². The van der Waals surface area contributed by atoms with E-state index in [1.807, 2.05) is 67.6 Å². The summed E-state index contributed by atoms with van der Waals surface area (Å²) in [5, 5.41) is 14.6. The van der Waals surface area contributed by atoms with E-state index < -0.39 is 6.04 Å².